The molecule has 0 saturated heterocycles. The number of allylic oxidation sites excluding steroid dienone is 1. The van der Waals surface area contributed by atoms with Gasteiger partial charge in [0.25, 0.3) is 10.0 Å². The Bertz CT molecular complexity index is 1370. The monoisotopic (exact) mass is 457 g/mol. The molecule has 0 saturated carbocycles. The highest BCUT2D eigenvalue weighted by atomic mass is 32.2. The number of fused-ring (bicyclic) bond motifs is 1. The lowest BCUT2D eigenvalue weighted by Crippen LogP contribution is -2.21. The number of aromatic nitrogens is 2. The second-order valence-electron chi connectivity index (χ2n) is 7.25. The second-order valence-corrected chi connectivity index (χ2v) is 8.93. The molecule has 0 atom stereocenters. The maximum absolute atomic E-state index is 12.9. The highest BCUT2D eigenvalue weighted by Gasteiger charge is 2.20. The van der Waals surface area contributed by atoms with Crippen molar-refractivity contribution in [3.63, 3.8) is 0 Å². The van der Waals surface area contributed by atoms with Gasteiger partial charge in [0.1, 0.15) is 0 Å². The number of nitrogens with zero attached hydrogens (tertiary/aromatic N) is 3. The number of hydrogen-bond donors (Lipinski definition) is 2. The molecule has 0 amide bonds. The van der Waals surface area contributed by atoms with E-state index in [0.717, 1.165) is 19.2 Å². The Balaban J connectivity index is 1.65. The van der Waals surface area contributed by atoms with Crippen LogP contribution in [0.25, 0.3) is 11.0 Å². The van der Waals surface area contributed by atoms with Gasteiger partial charge in [-0.3, -0.25) is 15.0 Å². The predicted octanol–water partition coefficient (Wildman–Crippen LogP) is 4.99. The molecule has 0 bridgehead atoms. The molecule has 7 nitrogen and oxygen atoms in total. The first-order valence-electron chi connectivity index (χ1n) is 10.4. The lowest BCUT2D eigenvalue weighted by molar-refractivity contribution is 0.601. The highest BCUT2D eigenvalue weighted by Crippen LogP contribution is 2.27. The normalized spacial score (nSPS) is 11.5. The topological polar surface area (TPSA) is 99.0 Å². The Morgan fingerprint density at radius 2 is 1.45 bits per heavy atom. The average Bonchev–Trinajstić information content (AvgIpc) is 2.85. The van der Waals surface area contributed by atoms with E-state index in [0.29, 0.717) is 11.0 Å². The van der Waals surface area contributed by atoms with E-state index in [1.165, 1.54) is 22.6 Å². The molecule has 33 heavy (non-hydrogen) atoms. The lowest BCUT2D eigenvalue weighted by atomic mass is 10.1. The molecule has 0 spiro atoms. The summed E-state index contributed by atoms with van der Waals surface area (Å²) < 4.78 is 28.4. The Hall–Kier alpha value is -4.04. The number of nitrogens with one attached hydrogen (secondary N) is 2. The number of hydrogen-bond acceptors (Lipinski definition) is 5. The summed E-state index contributed by atoms with van der Waals surface area (Å²) in [7, 11) is -3.89. The van der Waals surface area contributed by atoms with Gasteiger partial charge in [-0.2, -0.15) is 0 Å². The number of anilines is 2. The molecule has 1 aromatic heterocycles. The molecule has 0 aliphatic carbocycles. The third-order valence-corrected chi connectivity index (χ3v) is 6.28. The standard InChI is InChI=1S/C25H23N5O2S/c26-19-30(18-10-9-13-20-11-3-1-4-12-20)25-24(27-22-16-7-8-17-23(22)28-25)29-33(31,32)21-14-5-2-6-15-21/h1-8,10-12,14-19,26H,9,13H2,(H,27,29)/b18-10-,26-19?. The Labute approximate surface area is 193 Å². The van der Waals surface area contributed by atoms with Gasteiger partial charge in [0.2, 0.25) is 0 Å². The van der Waals surface area contributed by atoms with Crippen LogP contribution in [0.15, 0.2) is 102 Å². The van der Waals surface area contributed by atoms with Crippen LogP contribution in [-0.4, -0.2) is 24.7 Å². The highest BCUT2D eigenvalue weighted by molar-refractivity contribution is 7.92. The Morgan fingerprint density at radius 1 is 0.848 bits per heavy atom. The van der Waals surface area contributed by atoms with E-state index < -0.39 is 10.0 Å². The van der Waals surface area contributed by atoms with E-state index in [-0.39, 0.29) is 16.5 Å². The van der Waals surface area contributed by atoms with Crippen LogP contribution in [0, 0.1) is 5.41 Å². The molecule has 1 heterocycles. The SMILES string of the molecule is N=CN(/C=C\CCc1ccccc1)c1nc2ccccc2nc1NS(=O)(=O)c1ccccc1. The third-order valence-electron chi connectivity index (χ3n) is 4.93. The minimum absolute atomic E-state index is 0.0498. The van der Waals surface area contributed by atoms with Crippen LogP contribution in [-0.2, 0) is 16.4 Å². The molecule has 0 radical (unpaired) electrons. The van der Waals surface area contributed by atoms with Gasteiger partial charge in [0, 0.05) is 6.20 Å². The van der Waals surface area contributed by atoms with Crippen molar-refractivity contribution in [2.24, 2.45) is 0 Å². The summed E-state index contributed by atoms with van der Waals surface area (Å²) in [6.07, 6.45) is 6.30. The number of rotatable bonds is 9. The fourth-order valence-electron chi connectivity index (χ4n) is 3.28. The van der Waals surface area contributed by atoms with Crippen molar-refractivity contribution in [3.05, 3.63) is 103 Å². The zero-order valence-corrected chi connectivity index (χ0v) is 18.6. The van der Waals surface area contributed by atoms with E-state index in [2.05, 4.69) is 26.8 Å². The number of sulfonamides is 1. The van der Waals surface area contributed by atoms with Crippen molar-refractivity contribution in [3.8, 4) is 0 Å². The van der Waals surface area contributed by atoms with Gasteiger partial charge in [-0.25, -0.2) is 18.4 Å². The van der Waals surface area contributed by atoms with Crippen molar-refractivity contribution in [2.45, 2.75) is 17.7 Å². The maximum Gasteiger partial charge on any atom is 0.263 e. The first-order valence-corrected chi connectivity index (χ1v) is 11.9. The molecule has 8 heteroatoms. The first-order chi connectivity index (χ1) is 16.1. The third kappa shape index (κ3) is 5.42. The summed E-state index contributed by atoms with van der Waals surface area (Å²) in [5, 5.41) is 7.90. The Morgan fingerprint density at radius 3 is 2.12 bits per heavy atom. The molecular weight excluding hydrogens is 434 g/mol. The van der Waals surface area contributed by atoms with E-state index in [4.69, 9.17) is 5.41 Å². The van der Waals surface area contributed by atoms with Gasteiger partial charge in [0.05, 0.1) is 22.3 Å². The molecule has 0 unspecified atom stereocenters. The van der Waals surface area contributed by atoms with Crippen molar-refractivity contribution in [2.75, 3.05) is 9.62 Å². The molecule has 4 aromatic rings. The van der Waals surface area contributed by atoms with Gasteiger partial charge in [-0.15, -0.1) is 0 Å². The quantitative estimate of drug-likeness (QED) is 0.272. The zero-order chi connectivity index (χ0) is 23.1. The summed E-state index contributed by atoms with van der Waals surface area (Å²) in [6, 6.07) is 25.4. The van der Waals surface area contributed by atoms with E-state index in [1.54, 1.807) is 36.5 Å². The maximum atomic E-state index is 12.9. The van der Waals surface area contributed by atoms with Gasteiger partial charge < -0.3 is 0 Å². The first kappa shape index (κ1) is 22.2. The minimum Gasteiger partial charge on any atom is -0.291 e. The average molecular weight is 458 g/mol. The molecule has 3 aromatic carbocycles. The molecule has 2 N–H and O–H groups in total. The molecule has 0 fully saturated rings. The van der Waals surface area contributed by atoms with Crippen molar-refractivity contribution >= 4 is 39.0 Å². The van der Waals surface area contributed by atoms with E-state index in [1.807, 2.05) is 36.4 Å². The molecular formula is C25H23N5O2S. The van der Waals surface area contributed by atoms with Crippen molar-refractivity contribution in [1.29, 1.82) is 5.41 Å². The van der Waals surface area contributed by atoms with Crippen molar-refractivity contribution < 1.29 is 8.42 Å². The predicted molar refractivity (Wildman–Crippen MR) is 132 cm³/mol. The summed E-state index contributed by atoms with van der Waals surface area (Å²) >= 11 is 0. The zero-order valence-electron chi connectivity index (χ0n) is 17.8. The van der Waals surface area contributed by atoms with Gasteiger partial charge >= 0.3 is 0 Å². The van der Waals surface area contributed by atoms with Gasteiger partial charge in [0.15, 0.2) is 11.6 Å². The lowest BCUT2D eigenvalue weighted by Gasteiger charge is -2.18. The van der Waals surface area contributed by atoms with E-state index >= 15 is 0 Å². The van der Waals surface area contributed by atoms with Gasteiger partial charge in [-0.05, 0) is 42.7 Å². The largest absolute Gasteiger partial charge is 0.291 e. The molecule has 4 rings (SSSR count). The molecule has 0 aliphatic heterocycles. The van der Waals surface area contributed by atoms with Crippen LogP contribution >= 0.6 is 0 Å². The Kier molecular flexibility index (Phi) is 6.75. The number of benzene rings is 3. The number of aryl methyl sites for hydroxylation is 1. The van der Waals surface area contributed by atoms with Crippen LogP contribution in [0.3, 0.4) is 0 Å². The summed E-state index contributed by atoms with van der Waals surface area (Å²) in [4.78, 5) is 10.7. The fraction of sp³-hybridized carbons (Fsp3) is 0.0800. The van der Waals surface area contributed by atoms with Gasteiger partial charge in [-0.1, -0.05) is 66.7 Å². The van der Waals surface area contributed by atoms with Crippen LogP contribution in [0.2, 0.25) is 0 Å². The number of para-hydroxylation sites is 2. The summed E-state index contributed by atoms with van der Waals surface area (Å²) in [5.41, 5.74) is 2.36. The van der Waals surface area contributed by atoms with Crippen molar-refractivity contribution in [1.82, 2.24) is 9.97 Å². The fourth-order valence-corrected chi connectivity index (χ4v) is 4.31. The van der Waals surface area contributed by atoms with E-state index in [9.17, 15) is 8.42 Å². The smallest absolute Gasteiger partial charge is 0.263 e. The van der Waals surface area contributed by atoms with Crippen LogP contribution < -0.4 is 9.62 Å². The minimum atomic E-state index is -3.89. The van der Waals surface area contributed by atoms with Crippen LogP contribution in [0.4, 0.5) is 11.6 Å². The second kappa shape index (κ2) is 10.1. The van der Waals surface area contributed by atoms with Crippen LogP contribution in [0.5, 0.6) is 0 Å². The van der Waals surface area contributed by atoms with Crippen LogP contribution in [0.1, 0.15) is 12.0 Å². The summed E-state index contributed by atoms with van der Waals surface area (Å²) in [6.45, 7) is 0. The summed E-state index contributed by atoms with van der Waals surface area (Å²) in [5.74, 6) is 0.271. The molecule has 0 aliphatic rings. The molecule has 166 valence electrons.